The zero-order valence-corrected chi connectivity index (χ0v) is 17.0. The number of urea groups is 1. The molecule has 0 spiro atoms. The zero-order chi connectivity index (χ0) is 23.6. The molecule has 1 aromatic carbocycles. The van der Waals surface area contributed by atoms with E-state index in [1.807, 2.05) is 0 Å². The number of aliphatic hydroxyl groups is 3. The van der Waals surface area contributed by atoms with Crippen molar-refractivity contribution in [3.05, 3.63) is 47.2 Å². The summed E-state index contributed by atoms with van der Waals surface area (Å²) in [5.41, 5.74) is -1.77. The lowest BCUT2D eigenvalue weighted by Gasteiger charge is -2.39. The van der Waals surface area contributed by atoms with Gasteiger partial charge in [0.2, 0.25) is 6.35 Å². The van der Waals surface area contributed by atoms with Gasteiger partial charge in [-0.3, -0.25) is 4.90 Å². The molecule has 0 saturated carbocycles. The van der Waals surface area contributed by atoms with E-state index in [0.717, 1.165) is 12.1 Å². The Morgan fingerprint density at radius 3 is 2.42 bits per heavy atom. The van der Waals surface area contributed by atoms with Crippen molar-refractivity contribution in [2.24, 2.45) is 0 Å². The van der Waals surface area contributed by atoms with E-state index in [-0.39, 0.29) is 16.4 Å². The standard InChI is InChI=1S/C17H21F5N2O6P/c1-10(8-25)30-31(29,9-26)24-7-13(17(20,21)22)15(27)23(16(24)28)5-4-11-2-3-12(18)6-14(11)19/h2-3,6-7,10,15,25-27,29H,4-5,8-9H2,1H3/q+1. The van der Waals surface area contributed by atoms with Gasteiger partial charge in [-0.25, -0.2) is 13.6 Å². The van der Waals surface area contributed by atoms with Gasteiger partial charge < -0.3 is 15.3 Å². The predicted molar refractivity (Wildman–Crippen MR) is 98.0 cm³/mol. The lowest BCUT2D eigenvalue weighted by molar-refractivity contribution is -0.120. The van der Waals surface area contributed by atoms with Gasteiger partial charge in [0.15, 0.2) is 6.23 Å². The van der Waals surface area contributed by atoms with E-state index < -0.39 is 75.5 Å². The second kappa shape index (κ2) is 9.72. The first-order chi connectivity index (χ1) is 14.3. The Bertz CT molecular complexity index is 842. The zero-order valence-electron chi connectivity index (χ0n) is 16.1. The first kappa shape index (κ1) is 25.4. The minimum absolute atomic E-state index is 0.131. The maximum absolute atomic E-state index is 13.8. The summed E-state index contributed by atoms with van der Waals surface area (Å²) in [4.78, 5) is 23.7. The monoisotopic (exact) mass is 475 g/mol. The van der Waals surface area contributed by atoms with Crippen LogP contribution in [0.3, 0.4) is 0 Å². The second-order valence-corrected chi connectivity index (χ2v) is 8.92. The van der Waals surface area contributed by atoms with Crippen LogP contribution >= 0.6 is 7.87 Å². The second-order valence-electron chi connectivity index (χ2n) is 6.67. The number of benzene rings is 1. The van der Waals surface area contributed by atoms with E-state index >= 15 is 0 Å². The summed E-state index contributed by atoms with van der Waals surface area (Å²) in [6, 6.07) is 1.16. The van der Waals surface area contributed by atoms with Crippen LogP contribution in [0.1, 0.15) is 12.5 Å². The molecule has 0 radical (unpaired) electrons. The molecule has 8 nitrogen and oxygen atoms in total. The highest BCUT2D eigenvalue weighted by molar-refractivity contribution is 7.63. The third-order valence-electron chi connectivity index (χ3n) is 4.37. The van der Waals surface area contributed by atoms with E-state index in [9.17, 15) is 41.9 Å². The Morgan fingerprint density at radius 1 is 1.26 bits per heavy atom. The van der Waals surface area contributed by atoms with E-state index in [4.69, 9.17) is 9.63 Å². The van der Waals surface area contributed by atoms with Crippen LogP contribution in [-0.4, -0.2) is 73.8 Å². The van der Waals surface area contributed by atoms with Gasteiger partial charge in [-0.1, -0.05) is 6.07 Å². The quantitative estimate of drug-likeness (QED) is 0.339. The van der Waals surface area contributed by atoms with E-state index in [1.54, 1.807) is 0 Å². The molecule has 3 atom stereocenters. The Balaban J connectivity index is 2.40. The molecule has 1 aliphatic heterocycles. The van der Waals surface area contributed by atoms with Crippen molar-refractivity contribution >= 4 is 13.9 Å². The van der Waals surface area contributed by atoms with Gasteiger partial charge in [0.05, 0.1) is 12.8 Å². The Morgan fingerprint density at radius 2 is 1.90 bits per heavy atom. The number of nitrogens with zero attached hydrogens (tertiary/aromatic N) is 2. The fraction of sp³-hybridized carbons (Fsp3) is 0.471. The van der Waals surface area contributed by atoms with Crippen molar-refractivity contribution in [1.82, 2.24) is 9.57 Å². The van der Waals surface area contributed by atoms with Crippen LogP contribution in [-0.2, 0) is 10.9 Å². The minimum atomic E-state index is -5.14. The SMILES string of the molecule is CC(CO)O[P+](O)(CO)N1C=C(C(F)(F)F)C(O)N(CCc2ccc(F)cc2F)C1=O. The number of halogens is 5. The third-order valence-corrected chi connectivity index (χ3v) is 6.39. The molecule has 0 fully saturated rings. The topological polar surface area (TPSA) is 114 Å². The van der Waals surface area contributed by atoms with Crippen LogP contribution in [0.25, 0.3) is 0 Å². The molecule has 3 unspecified atom stereocenters. The molecule has 0 aromatic heterocycles. The minimum Gasteiger partial charge on any atom is -0.394 e. The normalized spacial score (nSPS) is 20.5. The number of alkyl halides is 3. The van der Waals surface area contributed by atoms with Gasteiger partial charge in [0.1, 0.15) is 23.3 Å². The molecule has 174 valence electrons. The summed E-state index contributed by atoms with van der Waals surface area (Å²) >= 11 is 0. The highest BCUT2D eigenvalue weighted by Gasteiger charge is 2.57. The van der Waals surface area contributed by atoms with Crippen LogP contribution in [0, 0.1) is 11.6 Å². The lowest BCUT2D eigenvalue weighted by Crippen LogP contribution is -2.54. The molecular formula is C17H21F5N2O6P+. The van der Waals surface area contributed by atoms with Crippen LogP contribution in [0.5, 0.6) is 0 Å². The molecule has 0 aliphatic carbocycles. The van der Waals surface area contributed by atoms with Crippen molar-refractivity contribution in [3.63, 3.8) is 0 Å². The predicted octanol–water partition coefficient (Wildman–Crippen LogP) is 2.11. The third kappa shape index (κ3) is 5.68. The first-order valence-electron chi connectivity index (χ1n) is 8.86. The maximum atomic E-state index is 13.8. The summed E-state index contributed by atoms with van der Waals surface area (Å²) in [5.74, 6) is -1.88. The molecule has 4 N–H and O–H groups in total. The average Bonchev–Trinajstić information content (AvgIpc) is 2.67. The van der Waals surface area contributed by atoms with Crippen molar-refractivity contribution in [2.45, 2.75) is 31.9 Å². The highest BCUT2D eigenvalue weighted by atomic mass is 31.2. The van der Waals surface area contributed by atoms with Crippen molar-refractivity contribution < 1.29 is 51.5 Å². The van der Waals surface area contributed by atoms with Gasteiger partial charge in [-0.15, -0.1) is 4.67 Å². The maximum Gasteiger partial charge on any atom is 0.418 e. The molecule has 0 bridgehead atoms. The van der Waals surface area contributed by atoms with Crippen LogP contribution in [0.2, 0.25) is 0 Å². The Kier molecular flexibility index (Phi) is 7.95. The fourth-order valence-corrected chi connectivity index (χ4v) is 4.39. The highest BCUT2D eigenvalue weighted by Crippen LogP contribution is 2.61. The molecule has 0 saturated heterocycles. The molecule has 31 heavy (non-hydrogen) atoms. The average molecular weight is 475 g/mol. The van der Waals surface area contributed by atoms with Crippen LogP contribution in [0.15, 0.2) is 30.0 Å². The Hall–Kier alpha value is -1.89. The summed E-state index contributed by atoms with van der Waals surface area (Å²) < 4.78 is 72.4. The summed E-state index contributed by atoms with van der Waals surface area (Å²) in [6.45, 7) is -0.0722. The lowest BCUT2D eigenvalue weighted by atomic mass is 10.1. The molecule has 14 heteroatoms. The van der Waals surface area contributed by atoms with Gasteiger partial charge in [0.25, 0.3) is 0 Å². The number of carbonyl (C=O) groups excluding carboxylic acids is 1. The summed E-state index contributed by atoms with van der Waals surface area (Å²) in [7, 11) is -4.41. The van der Waals surface area contributed by atoms with Crippen LogP contribution in [0.4, 0.5) is 26.7 Å². The molecule has 2 rings (SSSR count). The fourth-order valence-electron chi connectivity index (χ4n) is 2.76. The number of aliphatic hydroxyl groups excluding tert-OH is 3. The van der Waals surface area contributed by atoms with E-state index in [2.05, 4.69) is 0 Å². The number of amides is 2. The summed E-state index contributed by atoms with van der Waals surface area (Å²) in [6.07, 6.45) is -10.3. The molecule has 1 aliphatic rings. The summed E-state index contributed by atoms with van der Waals surface area (Å²) in [5, 5.41) is 28.7. The van der Waals surface area contributed by atoms with Crippen molar-refractivity contribution in [1.29, 1.82) is 0 Å². The van der Waals surface area contributed by atoms with Gasteiger partial charge in [0, 0.05) is 12.6 Å². The van der Waals surface area contributed by atoms with E-state index in [1.165, 1.54) is 6.92 Å². The Labute approximate surface area is 174 Å². The van der Waals surface area contributed by atoms with Crippen molar-refractivity contribution in [2.75, 3.05) is 19.5 Å². The van der Waals surface area contributed by atoms with Gasteiger partial charge in [-0.05, 0) is 25.0 Å². The largest absolute Gasteiger partial charge is 0.418 e. The number of carbonyl (C=O) groups is 1. The number of hydrogen-bond acceptors (Lipinski definition) is 6. The van der Waals surface area contributed by atoms with Gasteiger partial charge >= 0.3 is 20.1 Å². The van der Waals surface area contributed by atoms with Crippen molar-refractivity contribution in [3.8, 4) is 0 Å². The van der Waals surface area contributed by atoms with Crippen LogP contribution < -0.4 is 0 Å². The smallest absolute Gasteiger partial charge is 0.394 e. The first-order valence-corrected chi connectivity index (χ1v) is 10.7. The number of hydrogen-bond donors (Lipinski definition) is 4. The molecule has 1 aromatic rings. The number of rotatable bonds is 8. The molecule has 2 amide bonds. The molecule has 1 heterocycles. The van der Waals surface area contributed by atoms with E-state index in [0.29, 0.717) is 11.0 Å². The molecular weight excluding hydrogens is 454 g/mol. The van der Waals surface area contributed by atoms with Gasteiger partial charge in [-0.2, -0.15) is 22.6 Å².